The average molecular weight is 250 g/mol. The standard InChI is InChI=1S/C14H22N2O2/c1-16-6-4-5-14(16,10-15)11-7-12(17-2)9-13(8-11)18-3/h7-9H,4-6,10,15H2,1-3H3. The summed E-state index contributed by atoms with van der Waals surface area (Å²) in [5, 5.41) is 0. The summed E-state index contributed by atoms with van der Waals surface area (Å²) in [5.74, 6) is 1.63. The number of rotatable bonds is 4. The van der Waals surface area contributed by atoms with Gasteiger partial charge in [0.1, 0.15) is 11.5 Å². The summed E-state index contributed by atoms with van der Waals surface area (Å²) in [6.07, 6.45) is 2.25. The number of methoxy groups -OCH3 is 2. The molecule has 1 unspecified atom stereocenters. The minimum Gasteiger partial charge on any atom is -0.497 e. The Morgan fingerprint density at radius 1 is 1.22 bits per heavy atom. The number of ether oxygens (including phenoxy) is 2. The van der Waals surface area contributed by atoms with Gasteiger partial charge in [-0.3, -0.25) is 4.90 Å². The molecule has 0 amide bonds. The van der Waals surface area contributed by atoms with Crippen molar-refractivity contribution in [2.24, 2.45) is 5.73 Å². The molecule has 1 saturated heterocycles. The quantitative estimate of drug-likeness (QED) is 0.881. The van der Waals surface area contributed by atoms with Crippen molar-refractivity contribution in [2.75, 3.05) is 34.4 Å². The van der Waals surface area contributed by atoms with Crippen LogP contribution in [0.25, 0.3) is 0 Å². The predicted octanol–water partition coefficient (Wildman–Crippen LogP) is 1.58. The van der Waals surface area contributed by atoms with Gasteiger partial charge >= 0.3 is 0 Å². The van der Waals surface area contributed by atoms with Crippen LogP contribution < -0.4 is 15.2 Å². The Kier molecular flexibility index (Phi) is 3.78. The van der Waals surface area contributed by atoms with E-state index in [2.05, 4.69) is 24.1 Å². The van der Waals surface area contributed by atoms with Gasteiger partial charge in [0.05, 0.1) is 19.8 Å². The molecule has 0 spiro atoms. The average Bonchev–Trinajstić information content (AvgIpc) is 2.80. The van der Waals surface area contributed by atoms with Crippen LogP contribution in [-0.2, 0) is 5.54 Å². The second-order valence-electron chi connectivity index (χ2n) is 4.86. The first-order chi connectivity index (χ1) is 8.66. The smallest absolute Gasteiger partial charge is 0.122 e. The van der Waals surface area contributed by atoms with Gasteiger partial charge in [-0.15, -0.1) is 0 Å². The third-order valence-corrected chi connectivity index (χ3v) is 4.04. The van der Waals surface area contributed by atoms with E-state index < -0.39 is 0 Å². The van der Waals surface area contributed by atoms with Gasteiger partial charge in [-0.2, -0.15) is 0 Å². The highest BCUT2D eigenvalue weighted by molar-refractivity contribution is 5.42. The monoisotopic (exact) mass is 250 g/mol. The predicted molar refractivity (Wildman–Crippen MR) is 72.1 cm³/mol. The van der Waals surface area contributed by atoms with Crippen LogP contribution in [0.15, 0.2) is 18.2 Å². The van der Waals surface area contributed by atoms with Crippen molar-refractivity contribution < 1.29 is 9.47 Å². The summed E-state index contributed by atoms with van der Waals surface area (Å²) < 4.78 is 10.7. The van der Waals surface area contributed by atoms with E-state index in [1.807, 2.05) is 6.07 Å². The fraction of sp³-hybridized carbons (Fsp3) is 0.571. The molecule has 0 bridgehead atoms. The normalized spacial score (nSPS) is 24.2. The zero-order valence-electron chi connectivity index (χ0n) is 11.4. The Hall–Kier alpha value is -1.26. The van der Waals surface area contributed by atoms with Crippen molar-refractivity contribution >= 4 is 0 Å². The van der Waals surface area contributed by atoms with E-state index in [1.54, 1.807) is 14.2 Å². The summed E-state index contributed by atoms with van der Waals surface area (Å²) in [7, 11) is 5.48. The van der Waals surface area contributed by atoms with Crippen LogP contribution in [0.5, 0.6) is 11.5 Å². The Bertz CT molecular complexity index is 400. The molecule has 1 aliphatic heterocycles. The first-order valence-corrected chi connectivity index (χ1v) is 6.31. The van der Waals surface area contributed by atoms with Crippen LogP contribution in [0.2, 0.25) is 0 Å². The molecular weight excluding hydrogens is 228 g/mol. The van der Waals surface area contributed by atoms with Crippen molar-refractivity contribution in [3.63, 3.8) is 0 Å². The molecule has 18 heavy (non-hydrogen) atoms. The summed E-state index contributed by atoms with van der Waals surface area (Å²) in [4.78, 5) is 2.33. The lowest BCUT2D eigenvalue weighted by molar-refractivity contribution is 0.182. The van der Waals surface area contributed by atoms with Crippen LogP contribution in [0.4, 0.5) is 0 Å². The second-order valence-corrected chi connectivity index (χ2v) is 4.86. The lowest BCUT2D eigenvalue weighted by atomic mass is 9.87. The van der Waals surface area contributed by atoms with E-state index in [9.17, 15) is 0 Å². The molecule has 1 atom stereocenters. The highest BCUT2D eigenvalue weighted by Gasteiger charge is 2.39. The first-order valence-electron chi connectivity index (χ1n) is 6.31. The van der Waals surface area contributed by atoms with Gasteiger partial charge in [-0.25, -0.2) is 0 Å². The molecule has 0 aromatic heterocycles. The molecule has 1 aliphatic rings. The van der Waals surface area contributed by atoms with Crippen LogP contribution in [0, 0.1) is 0 Å². The van der Waals surface area contributed by atoms with E-state index >= 15 is 0 Å². The highest BCUT2D eigenvalue weighted by atomic mass is 16.5. The summed E-state index contributed by atoms with van der Waals surface area (Å²) in [5.41, 5.74) is 7.15. The van der Waals surface area contributed by atoms with E-state index in [4.69, 9.17) is 15.2 Å². The molecule has 100 valence electrons. The largest absolute Gasteiger partial charge is 0.497 e. The molecule has 0 saturated carbocycles. The minimum absolute atomic E-state index is 0.0815. The van der Waals surface area contributed by atoms with Crippen LogP contribution >= 0.6 is 0 Å². The van der Waals surface area contributed by atoms with Gasteiger partial charge in [0.25, 0.3) is 0 Å². The lowest BCUT2D eigenvalue weighted by Crippen LogP contribution is -2.44. The van der Waals surface area contributed by atoms with Crippen LogP contribution in [-0.4, -0.2) is 39.3 Å². The molecule has 4 nitrogen and oxygen atoms in total. The number of benzene rings is 1. The van der Waals surface area contributed by atoms with Gasteiger partial charge in [0.2, 0.25) is 0 Å². The molecule has 0 aliphatic carbocycles. The Labute approximate surface area is 109 Å². The Morgan fingerprint density at radius 3 is 2.22 bits per heavy atom. The molecule has 1 fully saturated rings. The number of nitrogens with two attached hydrogens (primary N) is 1. The van der Waals surface area contributed by atoms with Gasteiger partial charge in [0, 0.05) is 12.6 Å². The number of hydrogen-bond donors (Lipinski definition) is 1. The summed E-state index contributed by atoms with van der Waals surface area (Å²) in [6.45, 7) is 1.69. The summed E-state index contributed by atoms with van der Waals surface area (Å²) in [6, 6.07) is 6.02. The zero-order valence-corrected chi connectivity index (χ0v) is 11.4. The molecule has 1 aromatic rings. The maximum absolute atomic E-state index is 6.05. The third kappa shape index (κ3) is 2.06. The van der Waals surface area contributed by atoms with Crippen LogP contribution in [0.1, 0.15) is 18.4 Å². The fourth-order valence-corrected chi connectivity index (χ4v) is 2.83. The van der Waals surface area contributed by atoms with E-state index in [0.717, 1.165) is 24.5 Å². The number of likely N-dealkylation sites (N-methyl/N-ethyl adjacent to an activating group) is 1. The molecule has 1 heterocycles. The maximum Gasteiger partial charge on any atom is 0.122 e. The van der Waals surface area contributed by atoms with Crippen molar-refractivity contribution in [1.82, 2.24) is 4.90 Å². The van der Waals surface area contributed by atoms with Gasteiger partial charge < -0.3 is 15.2 Å². The SMILES string of the molecule is COc1cc(OC)cc(C2(CN)CCCN2C)c1. The topological polar surface area (TPSA) is 47.7 Å². The fourth-order valence-electron chi connectivity index (χ4n) is 2.83. The number of nitrogens with zero attached hydrogens (tertiary/aromatic N) is 1. The third-order valence-electron chi connectivity index (χ3n) is 4.04. The van der Waals surface area contributed by atoms with Gasteiger partial charge in [-0.1, -0.05) is 0 Å². The molecule has 1 aromatic carbocycles. The summed E-state index contributed by atoms with van der Waals surface area (Å²) >= 11 is 0. The van der Waals surface area contributed by atoms with E-state index in [0.29, 0.717) is 6.54 Å². The molecule has 2 rings (SSSR count). The molecule has 0 radical (unpaired) electrons. The van der Waals surface area contributed by atoms with Crippen molar-refractivity contribution in [3.05, 3.63) is 23.8 Å². The second kappa shape index (κ2) is 5.16. The maximum atomic E-state index is 6.05. The van der Waals surface area contributed by atoms with Crippen molar-refractivity contribution in [1.29, 1.82) is 0 Å². The minimum atomic E-state index is -0.0815. The van der Waals surface area contributed by atoms with E-state index in [-0.39, 0.29) is 5.54 Å². The van der Waals surface area contributed by atoms with Crippen LogP contribution in [0.3, 0.4) is 0 Å². The molecular formula is C14H22N2O2. The Morgan fingerprint density at radius 2 is 1.83 bits per heavy atom. The van der Waals surface area contributed by atoms with Crippen molar-refractivity contribution in [3.8, 4) is 11.5 Å². The van der Waals surface area contributed by atoms with Crippen molar-refractivity contribution in [2.45, 2.75) is 18.4 Å². The van der Waals surface area contributed by atoms with E-state index in [1.165, 1.54) is 12.0 Å². The highest BCUT2D eigenvalue weighted by Crippen LogP contribution is 2.39. The number of hydrogen-bond acceptors (Lipinski definition) is 4. The molecule has 2 N–H and O–H groups in total. The Balaban J connectivity index is 2.47. The zero-order chi connectivity index (χ0) is 13.2. The van der Waals surface area contributed by atoms with Gasteiger partial charge in [-0.05, 0) is 44.1 Å². The lowest BCUT2D eigenvalue weighted by Gasteiger charge is -2.36. The first kappa shape index (κ1) is 13.2. The molecule has 4 heteroatoms. The number of likely N-dealkylation sites (tertiary alicyclic amines) is 1. The van der Waals surface area contributed by atoms with Gasteiger partial charge in [0.15, 0.2) is 0 Å².